The number of carbonyl (C=O) groups is 3. The second-order valence-electron chi connectivity index (χ2n) is 7.27. The van der Waals surface area contributed by atoms with Crippen molar-refractivity contribution in [3.63, 3.8) is 0 Å². The smallest absolute Gasteiger partial charge is 0.322 e. The van der Waals surface area contributed by atoms with E-state index in [2.05, 4.69) is 15.6 Å². The number of amides is 4. The minimum absolute atomic E-state index is 0.0241. The normalized spacial score (nSPS) is 17.7. The molecule has 1 saturated heterocycles. The van der Waals surface area contributed by atoms with Gasteiger partial charge in [-0.1, -0.05) is 11.6 Å². The van der Waals surface area contributed by atoms with Crippen LogP contribution in [0.1, 0.15) is 6.42 Å². The average Bonchev–Trinajstić information content (AvgIpc) is 3.17. The maximum atomic E-state index is 12.8. The molecular formula is C21H24ClN5O5. The van der Waals surface area contributed by atoms with E-state index in [-0.39, 0.29) is 31.3 Å². The lowest BCUT2D eigenvalue weighted by Crippen LogP contribution is -2.45. The van der Waals surface area contributed by atoms with Crippen molar-refractivity contribution in [2.24, 2.45) is 0 Å². The van der Waals surface area contributed by atoms with Crippen molar-refractivity contribution in [1.82, 2.24) is 9.88 Å². The molecule has 1 aliphatic rings. The number of carbonyl (C=O) groups excluding carboxylic acids is 3. The molecule has 4 amide bonds. The summed E-state index contributed by atoms with van der Waals surface area (Å²) in [4.78, 5) is 44.2. The Bertz CT molecular complexity index is 970. The van der Waals surface area contributed by atoms with E-state index in [1.165, 1.54) is 23.1 Å². The third-order valence-electron chi connectivity index (χ3n) is 4.97. The molecule has 1 aliphatic heterocycles. The Hall–Kier alpha value is -3.21. The number of likely N-dealkylation sites (tertiary alicyclic amines) is 1. The number of nitrogens with one attached hydrogen (secondary N) is 2. The zero-order valence-corrected chi connectivity index (χ0v) is 18.4. The summed E-state index contributed by atoms with van der Waals surface area (Å²) in [5, 5.41) is 15.9. The number of ether oxygens (including phenoxy) is 1. The molecule has 2 atom stereocenters. The summed E-state index contributed by atoms with van der Waals surface area (Å²) in [6, 6.07) is 8.35. The third-order valence-corrected chi connectivity index (χ3v) is 5.22. The van der Waals surface area contributed by atoms with Gasteiger partial charge in [-0.3, -0.25) is 9.59 Å². The SMILES string of the molecule is COCC(=O)N(C)c1ccc(NC(=O)[C@H]2C[C@@H](O)CN2C(=O)Nc2ccc(Cl)cc2)nc1. The predicted molar refractivity (Wildman–Crippen MR) is 120 cm³/mol. The quantitative estimate of drug-likeness (QED) is 0.604. The van der Waals surface area contributed by atoms with Crippen LogP contribution in [0.25, 0.3) is 0 Å². The van der Waals surface area contributed by atoms with Gasteiger partial charge in [0.25, 0.3) is 5.91 Å². The Morgan fingerprint density at radius 2 is 1.94 bits per heavy atom. The Morgan fingerprint density at radius 1 is 1.22 bits per heavy atom. The standard InChI is InChI=1S/C21H24ClN5O5/c1-26(19(29)12-32-2)15-7-8-18(23-10-15)25-20(30)17-9-16(28)11-27(17)21(31)24-14-5-3-13(22)4-6-14/h3-8,10,16-17,28H,9,11-12H2,1-2H3,(H,24,31)(H,23,25,30)/t16-,17-/m1/s1. The van der Waals surface area contributed by atoms with E-state index in [1.54, 1.807) is 43.4 Å². The number of anilines is 3. The molecule has 0 saturated carbocycles. The molecule has 170 valence electrons. The number of benzene rings is 1. The lowest BCUT2D eigenvalue weighted by Gasteiger charge is -2.24. The van der Waals surface area contributed by atoms with Crippen molar-refractivity contribution < 1.29 is 24.2 Å². The topological polar surface area (TPSA) is 124 Å². The molecule has 0 bridgehead atoms. The van der Waals surface area contributed by atoms with Crippen molar-refractivity contribution >= 4 is 46.6 Å². The van der Waals surface area contributed by atoms with E-state index < -0.39 is 24.1 Å². The number of urea groups is 1. The van der Waals surface area contributed by atoms with Gasteiger partial charge in [-0.2, -0.15) is 0 Å². The van der Waals surface area contributed by atoms with Crippen molar-refractivity contribution in [3.05, 3.63) is 47.6 Å². The number of halogens is 1. The number of hydrogen-bond donors (Lipinski definition) is 3. The zero-order chi connectivity index (χ0) is 23.3. The van der Waals surface area contributed by atoms with Crippen LogP contribution in [0.5, 0.6) is 0 Å². The lowest BCUT2D eigenvalue weighted by molar-refractivity contribution is -0.122. The summed E-state index contributed by atoms with van der Waals surface area (Å²) < 4.78 is 4.83. The highest BCUT2D eigenvalue weighted by Gasteiger charge is 2.39. The predicted octanol–water partition coefficient (Wildman–Crippen LogP) is 1.95. The summed E-state index contributed by atoms with van der Waals surface area (Å²) in [5.74, 6) is -0.462. The number of hydrogen-bond acceptors (Lipinski definition) is 6. The molecule has 3 rings (SSSR count). The van der Waals surface area contributed by atoms with Crippen LogP contribution < -0.4 is 15.5 Å². The van der Waals surface area contributed by atoms with Gasteiger partial charge in [0.1, 0.15) is 18.5 Å². The highest BCUT2D eigenvalue weighted by atomic mass is 35.5. The van der Waals surface area contributed by atoms with Crippen molar-refractivity contribution in [2.45, 2.75) is 18.6 Å². The summed E-state index contributed by atoms with van der Waals surface area (Å²) in [7, 11) is 3.02. The van der Waals surface area contributed by atoms with Crippen LogP contribution in [0.3, 0.4) is 0 Å². The van der Waals surface area contributed by atoms with Crippen molar-refractivity contribution in [3.8, 4) is 0 Å². The second kappa shape index (κ2) is 10.4. The molecule has 2 heterocycles. The number of β-amino-alcohol motifs (C(OH)–C–C–N with tert-alkyl or cyclic N) is 1. The Balaban J connectivity index is 1.64. The number of aliphatic hydroxyl groups excluding tert-OH is 1. The van der Waals surface area contributed by atoms with E-state index in [0.29, 0.717) is 16.4 Å². The monoisotopic (exact) mass is 461 g/mol. The Labute approximate surface area is 190 Å². The van der Waals surface area contributed by atoms with Gasteiger partial charge < -0.3 is 30.3 Å². The highest BCUT2D eigenvalue weighted by Crippen LogP contribution is 2.22. The van der Waals surface area contributed by atoms with Crippen molar-refractivity contribution in [1.29, 1.82) is 0 Å². The van der Waals surface area contributed by atoms with Gasteiger partial charge in [0.2, 0.25) is 5.91 Å². The fourth-order valence-electron chi connectivity index (χ4n) is 3.25. The van der Waals surface area contributed by atoms with Crippen LogP contribution in [0.2, 0.25) is 5.02 Å². The minimum atomic E-state index is -0.871. The number of likely N-dealkylation sites (N-methyl/N-ethyl adjacent to an activating group) is 1. The van der Waals surface area contributed by atoms with E-state index in [4.69, 9.17) is 16.3 Å². The van der Waals surface area contributed by atoms with Gasteiger partial charge in [-0.05, 0) is 36.4 Å². The number of methoxy groups -OCH3 is 1. The minimum Gasteiger partial charge on any atom is -0.391 e. The average molecular weight is 462 g/mol. The molecular weight excluding hydrogens is 438 g/mol. The number of rotatable bonds is 6. The molecule has 3 N–H and O–H groups in total. The molecule has 0 spiro atoms. The fourth-order valence-corrected chi connectivity index (χ4v) is 3.37. The van der Waals surface area contributed by atoms with Crippen LogP contribution >= 0.6 is 11.6 Å². The maximum absolute atomic E-state index is 12.8. The van der Waals surface area contributed by atoms with E-state index in [9.17, 15) is 19.5 Å². The van der Waals surface area contributed by atoms with Gasteiger partial charge in [-0.25, -0.2) is 9.78 Å². The second-order valence-corrected chi connectivity index (χ2v) is 7.71. The van der Waals surface area contributed by atoms with Gasteiger partial charge in [0.05, 0.1) is 18.0 Å². The first kappa shape index (κ1) is 23.5. The van der Waals surface area contributed by atoms with E-state index >= 15 is 0 Å². The fraction of sp³-hybridized carbons (Fsp3) is 0.333. The van der Waals surface area contributed by atoms with Crippen LogP contribution in [0.4, 0.5) is 22.0 Å². The van der Waals surface area contributed by atoms with Gasteiger partial charge in [0, 0.05) is 37.8 Å². The molecule has 1 aromatic carbocycles. The number of pyridine rings is 1. The van der Waals surface area contributed by atoms with Crippen LogP contribution in [-0.4, -0.2) is 72.3 Å². The Morgan fingerprint density at radius 3 is 2.56 bits per heavy atom. The van der Waals surface area contributed by atoms with E-state index in [0.717, 1.165) is 0 Å². The first-order valence-corrected chi connectivity index (χ1v) is 10.2. The maximum Gasteiger partial charge on any atom is 0.322 e. The molecule has 10 nitrogen and oxygen atoms in total. The first-order valence-electron chi connectivity index (χ1n) is 9.82. The molecule has 11 heteroatoms. The van der Waals surface area contributed by atoms with Gasteiger partial charge in [0.15, 0.2) is 0 Å². The van der Waals surface area contributed by atoms with E-state index in [1.807, 2.05) is 0 Å². The lowest BCUT2D eigenvalue weighted by atomic mass is 10.2. The third kappa shape index (κ3) is 5.72. The molecule has 1 fully saturated rings. The number of aromatic nitrogens is 1. The first-order chi connectivity index (χ1) is 15.3. The molecule has 0 radical (unpaired) electrons. The van der Waals surface area contributed by atoms with Gasteiger partial charge in [-0.15, -0.1) is 0 Å². The van der Waals surface area contributed by atoms with Crippen LogP contribution in [-0.2, 0) is 14.3 Å². The van der Waals surface area contributed by atoms with Crippen molar-refractivity contribution in [2.75, 3.05) is 42.8 Å². The summed E-state index contributed by atoms with van der Waals surface area (Å²) in [5.41, 5.74) is 1.05. The summed E-state index contributed by atoms with van der Waals surface area (Å²) in [6.07, 6.45) is 0.724. The summed E-state index contributed by atoms with van der Waals surface area (Å²) >= 11 is 5.85. The van der Waals surface area contributed by atoms with Gasteiger partial charge >= 0.3 is 6.03 Å². The summed E-state index contributed by atoms with van der Waals surface area (Å²) in [6.45, 7) is -0.0385. The largest absolute Gasteiger partial charge is 0.391 e. The van der Waals surface area contributed by atoms with Crippen LogP contribution in [0, 0.1) is 0 Å². The number of nitrogens with zero attached hydrogens (tertiary/aromatic N) is 3. The molecule has 0 aliphatic carbocycles. The molecule has 0 unspecified atom stereocenters. The zero-order valence-electron chi connectivity index (χ0n) is 17.6. The highest BCUT2D eigenvalue weighted by molar-refractivity contribution is 6.30. The van der Waals surface area contributed by atoms with Crippen LogP contribution in [0.15, 0.2) is 42.6 Å². The Kier molecular flexibility index (Phi) is 7.62. The molecule has 1 aromatic heterocycles. The molecule has 32 heavy (non-hydrogen) atoms. The molecule has 2 aromatic rings. The number of aliphatic hydroxyl groups is 1.